The lowest BCUT2D eigenvalue weighted by Crippen LogP contribution is -2.27. The van der Waals surface area contributed by atoms with E-state index >= 15 is 0 Å². The SMILES string of the molecule is CCNC(=O)Cn1ccnc1C#N. The van der Waals surface area contributed by atoms with Gasteiger partial charge in [0, 0.05) is 18.9 Å². The highest BCUT2D eigenvalue weighted by atomic mass is 16.1. The lowest BCUT2D eigenvalue weighted by atomic mass is 10.5. The molecule has 0 bridgehead atoms. The summed E-state index contributed by atoms with van der Waals surface area (Å²) in [4.78, 5) is 14.9. The summed E-state index contributed by atoms with van der Waals surface area (Å²) in [6, 6.07) is 1.89. The maximum absolute atomic E-state index is 11.1. The summed E-state index contributed by atoms with van der Waals surface area (Å²) in [5.41, 5.74) is 0. The normalized spacial score (nSPS) is 9.23. The molecule has 0 unspecified atom stereocenters. The molecule has 5 nitrogen and oxygen atoms in total. The minimum Gasteiger partial charge on any atom is -0.355 e. The third-order valence-corrected chi connectivity index (χ3v) is 1.50. The largest absolute Gasteiger partial charge is 0.355 e. The Kier molecular flexibility index (Phi) is 3.03. The van der Waals surface area contributed by atoms with Crippen LogP contribution in [-0.4, -0.2) is 22.0 Å². The van der Waals surface area contributed by atoms with E-state index in [4.69, 9.17) is 5.26 Å². The first-order valence-electron chi connectivity index (χ1n) is 3.96. The third-order valence-electron chi connectivity index (χ3n) is 1.50. The van der Waals surface area contributed by atoms with Gasteiger partial charge >= 0.3 is 0 Å². The number of carbonyl (C=O) groups is 1. The van der Waals surface area contributed by atoms with Gasteiger partial charge in [-0.3, -0.25) is 4.79 Å². The summed E-state index contributed by atoms with van der Waals surface area (Å²) in [7, 11) is 0. The van der Waals surface area contributed by atoms with Gasteiger partial charge in [-0.05, 0) is 6.92 Å². The second kappa shape index (κ2) is 4.26. The summed E-state index contributed by atoms with van der Waals surface area (Å²) in [5, 5.41) is 11.2. The maximum Gasteiger partial charge on any atom is 0.240 e. The van der Waals surface area contributed by atoms with Gasteiger partial charge in [-0.15, -0.1) is 0 Å². The van der Waals surface area contributed by atoms with E-state index in [9.17, 15) is 4.79 Å². The van der Waals surface area contributed by atoms with E-state index in [2.05, 4.69) is 10.3 Å². The van der Waals surface area contributed by atoms with Crippen LogP contribution in [0.4, 0.5) is 0 Å². The highest BCUT2D eigenvalue weighted by Gasteiger charge is 2.05. The van der Waals surface area contributed by atoms with Crippen molar-refractivity contribution in [2.24, 2.45) is 0 Å². The van der Waals surface area contributed by atoms with Crippen LogP contribution in [0, 0.1) is 11.3 Å². The van der Waals surface area contributed by atoms with Crippen molar-refractivity contribution < 1.29 is 4.79 Å². The van der Waals surface area contributed by atoms with Crippen LogP contribution in [0.2, 0.25) is 0 Å². The molecule has 1 amide bonds. The molecule has 1 aromatic rings. The van der Waals surface area contributed by atoms with Crippen LogP contribution in [0.1, 0.15) is 12.7 Å². The molecule has 0 saturated carbocycles. The highest BCUT2D eigenvalue weighted by molar-refractivity contribution is 5.75. The zero-order valence-corrected chi connectivity index (χ0v) is 7.32. The Labute approximate surface area is 76.0 Å². The molecule has 0 aliphatic rings. The van der Waals surface area contributed by atoms with Crippen molar-refractivity contribution in [2.45, 2.75) is 13.5 Å². The quantitative estimate of drug-likeness (QED) is 0.702. The summed E-state index contributed by atoms with van der Waals surface area (Å²) in [6.45, 7) is 2.59. The van der Waals surface area contributed by atoms with E-state index in [1.165, 1.54) is 10.8 Å². The number of aromatic nitrogens is 2. The second-order valence-corrected chi connectivity index (χ2v) is 2.44. The molecule has 0 saturated heterocycles. The molecule has 1 heterocycles. The van der Waals surface area contributed by atoms with Crippen molar-refractivity contribution in [3.8, 4) is 6.07 Å². The van der Waals surface area contributed by atoms with Crippen molar-refractivity contribution in [3.05, 3.63) is 18.2 Å². The smallest absolute Gasteiger partial charge is 0.240 e. The van der Waals surface area contributed by atoms with E-state index < -0.39 is 0 Å². The van der Waals surface area contributed by atoms with Crippen LogP contribution in [0.25, 0.3) is 0 Å². The molecule has 0 aliphatic carbocycles. The predicted molar refractivity (Wildman–Crippen MR) is 45.6 cm³/mol. The Morgan fingerprint density at radius 1 is 1.85 bits per heavy atom. The van der Waals surface area contributed by atoms with Gasteiger partial charge in [0.2, 0.25) is 11.7 Å². The first-order chi connectivity index (χ1) is 6.27. The molecular weight excluding hydrogens is 168 g/mol. The van der Waals surface area contributed by atoms with Crippen LogP contribution in [0.3, 0.4) is 0 Å². The van der Waals surface area contributed by atoms with Crippen LogP contribution >= 0.6 is 0 Å². The number of nitriles is 1. The zero-order valence-electron chi connectivity index (χ0n) is 7.32. The van der Waals surface area contributed by atoms with Crippen molar-refractivity contribution in [3.63, 3.8) is 0 Å². The van der Waals surface area contributed by atoms with Crippen molar-refractivity contribution in [1.29, 1.82) is 5.26 Å². The fourth-order valence-electron chi connectivity index (χ4n) is 0.958. The molecule has 68 valence electrons. The van der Waals surface area contributed by atoms with Crippen LogP contribution in [0.15, 0.2) is 12.4 Å². The van der Waals surface area contributed by atoms with Gasteiger partial charge in [-0.25, -0.2) is 4.98 Å². The number of likely N-dealkylation sites (N-methyl/N-ethyl adjacent to an activating group) is 1. The van der Waals surface area contributed by atoms with Crippen molar-refractivity contribution >= 4 is 5.91 Å². The van der Waals surface area contributed by atoms with E-state index in [0.717, 1.165) is 0 Å². The number of nitrogens with zero attached hydrogens (tertiary/aromatic N) is 3. The number of nitrogens with one attached hydrogen (secondary N) is 1. The van der Waals surface area contributed by atoms with Gasteiger partial charge in [-0.1, -0.05) is 0 Å². The van der Waals surface area contributed by atoms with Gasteiger partial charge in [-0.2, -0.15) is 5.26 Å². The minimum atomic E-state index is -0.114. The topological polar surface area (TPSA) is 70.7 Å². The Balaban J connectivity index is 2.64. The van der Waals surface area contributed by atoms with Gasteiger partial charge < -0.3 is 9.88 Å². The van der Waals surface area contributed by atoms with Gasteiger partial charge in [0.25, 0.3) is 0 Å². The van der Waals surface area contributed by atoms with Crippen molar-refractivity contribution in [1.82, 2.24) is 14.9 Å². The third kappa shape index (κ3) is 2.30. The Hall–Kier alpha value is -1.83. The molecule has 13 heavy (non-hydrogen) atoms. The average molecular weight is 178 g/mol. The number of rotatable bonds is 3. The number of imidazole rings is 1. The highest BCUT2D eigenvalue weighted by Crippen LogP contribution is 1.94. The van der Waals surface area contributed by atoms with Gasteiger partial charge in [0.15, 0.2) is 0 Å². The molecule has 0 aliphatic heterocycles. The minimum absolute atomic E-state index is 0.114. The molecule has 5 heteroatoms. The first-order valence-corrected chi connectivity index (χ1v) is 3.96. The molecule has 1 N–H and O–H groups in total. The maximum atomic E-state index is 11.1. The summed E-state index contributed by atoms with van der Waals surface area (Å²) >= 11 is 0. The fraction of sp³-hybridized carbons (Fsp3) is 0.375. The predicted octanol–water partition coefficient (Wildman–Crippen LogP) is -0.109. The monoisotopic (exact) mass is 178 g/mol. The summed E-state index contributed by atoms with van der Waals surface area (Å²) in [6.07, 6.45) is 3.10. The van der Waals surface area contributed by atoms with E-state index in [1.807, 2.05) is 13.0 Å². The number of hydrogen-bond donors (Lipinski definition) is 1. The van der Waals surface area contributed by atoms with Crippen LogP contribution < -0.4 is 5.32 Å². The van der Waals surface area contributed by atoms with Crippen molar-refractivity contribution in [2.75, 3.05) is 6.54 Å². The lowest BCUT2D eigenvalue weighted by Gasteiger charge is -2.02. The Morgan fingerprint density at radius 2 is 2.62 bits per heavy atom. The van der Waals surface area contributed by atoms with Crippen LogP contribution in [-0.2, 0) is 11.3 Å². The second-order valence-electron chi connectivity index (χ2n) is 2.44. The molecule has 0 spiro atoms. The number of hydrogen-bond acceptors (Lipinski definition) is 3. The summed E-state index contributed by atoms with van der Waals surface area (Å²) in [5.74, 6) is 0.142. The molecule has 0 atom stereocenters. The molecule has 0 fully saturated rings. The van der Waals surface area contributed by atoms with Gasteiger partial charge in [0.1, 0.15) is 12.6 Å². The van der Waals surface area contributed by atoms with E-state index in [1.54, 1.807) is 6.20 Å². The molecule has 1 rings (SSSR count). The zero-order chi connectivity index (χ0) is 9.68. The number of carbonyl (C=O) groups excluding carboxylic acids is 1. The van der Waals surface area contributed by atoms with E-state index in [0.29, 0.717) is 6.54 Å². The fourth-order valence-corrected chi connectivity index (χ4v) is 0.958. The lowest BCUT2D eigenvalue weighted by molar-refractivity contribution is -0.121. The van der Waals surface area contributed by atoms with E-state index in [-0.39, 0.29) is 18.3 Å². The Bertz CT molecular complexity index is 336. The molecule has 1 aromatic heterocycles. The Morgan fingerprint density at radius 3 is 3.23 bits per heavy atom. The van der Waals surface area contributed by atoms with Gasteiger partial charge in [0.05, 0.1) is 0 Å². The first kappa shape index (κ1) is 9.26. The summed E-state index contributed by atoms with van der Waals surface area (Å²) < 4.78 is 1.50. The average Bonchev–Trinajstić information content (AvgIpc) is 2.52. The molecule has 0 aromatic carbocycles. The number of amides is 1. The molecule has 0 radical (unpaired) electrons. The standard InChI is InChI=1S/C8H10N4O/c1-2-10-8(13)6-12-4-3-11-7(12)5-9/h3-4H,2,6H2,1H3,(H,10,13). The van der Waals surface area contributed by atoms with Crippen LogP contribution in [0.5, 0.6) is 0 Å². The molecular formula is C8H10N4O.